The summed E-state index contributed by atoms with van der Waals surface area (Å²) in [5.41, 5.74) is 3.38. The smallest absolute Gasteiger partial charge is 0.230 e. The Bertz CT molecular complexity index is 831. The Morgan fingerprint density at radius 2 is 1.25 bits per heavy atom. The Balaban J connectivity index is 1.85. The van der Waals surface area contributed by atoms with Crippen molar-refractivity contribution in [2.75, 3.05) is 6.54 Å². The summed E-state index contributed by atoms with van der Waals surface area (Å²) >= 11 is 0. The van der Waals surface area contributed by atoms with Crippen LogP contribution in [0.25, 0.3) is 0 Å². The minimum atomic E-state index is -0.221. The van der Waals surface area contributed by atoms with Gasteiger partial charge < -0.3 is 10.4 Å². The molecule has 0 aromatic heterocycles. The van der Waals surface area contributed by atoms with E-state index in [1.165, 1.54) is 16.1 Å². The lowest BCUT2D eigenvalue weighted by Gasteiger charge is -2.27. The molecule has 1 N–H and O–H groups in total. The molecule has 0 saturated carbocycles. The minimum Gasteiger partial charge on any atom is -0.569 e. The fourth-order valence-electron chi connectivity index (χ4n) is 3.54. The highest BCUT2D eigenvalue weighted by Crippen LogP contribution is 2.30. The van der Waals surface area contributed by atoms with Crippen molar-refractivity contribution in [2.45, 2.75) is 25.3 Å². The Kier molecular flexibility index (Phi) is 6.63. The van der Waals surface area contributed by atoms with Gasteiger partial charge in [0.2, 0.25) is 5.28 Å². The molecule has 0 heterocycles. The van der Waals surface area contributed by atoms with E-state index < -0.39 is 0 Å². The van der Waals surface area contributed by atoms with Crippen LogP contribution in [0.1, 0.15) is 42.0 Å². The molecule has 144 valence electrons. The monoisotopic (exact) mass is 375 g/mol. The van der Waals surface area contributed by atoms with Crippen LogP contribution in [-0.2, 0) is 0 Å². The Morgan fingerprint density at radius 3 is 1.68 bits per heavy atom. The number of nitrogens with zero attached hydrogens (tertiary/aromatic N) is 3. The van der Waals surface area contributed by atoms with Crippen molar-refractivity contribution in [2.24, 2.45) is 5.28 Å². The Morgan fingerprint density at radius 1 is 0.821 bits per heavy atom. The van der Waals surface area contributed by atoms with Crippen molar-refractivity contribution in [3.05, 3.63) is 113 Å². The van der Waals surface area contributed by atoms with Crippen molar-refractivity contribution >= 4 is 0 Å². The standard InChI is InChI=1S/C23H25N3O2/c1-19(20-11-5-2-6-12-20)25(26(28)24-27)18-17-23(21-13-7-3-8-14-21)22-15-9-4-10-16-22/h2-16,19,23,27H,17-18H2,1H3. The van der Waals surface area contributed by atoms with Crippen molar-refractivity contribution in [3.8, 4) is 0 Å². The highest BCUT2D eigenvalue weighted by atomic mass is 16.6. The molecule has 0 radical (unpaired) electrons. The summed E-state index contributed by atoms with van der Waals surface area (Å²) in [7, 11) is 0. The molecule has 0 aliphatic rings. The van der Waals surface area contributed by atoms with Gasteiger partial charge in [0.25, 0.3) is 0 Å². The lowest BCUT2D eigenvalue weighted by atomic mass is 9.88. The minimum absolute atomic E-state index is 0.139. The lowest BCUT2D eigenvalue weighted by Crippen LogP contribution is -2.35. The van der Waals surface area contributed by atoms with E-state index in [1.807, 2.05) is 73.7 Å². The molecule has 5 heteroatoms. The number of rotatable bonds is 8. The van der Waals surface area contributed by atoms with E-state index in [2.05, 4.69) is 29.5 Å². The van der Waals surface area contributed by atoms with Crippen LogP contribution < -0.4 is 0 Å². The molecule has 3 aromatic carbocycles. The van der Waals surface area contributed by atoms with Gasteiger partial charge in [-0.15, -0.1) is 5.01 Å². The van der Waals surface area contributed by atoms with Crippen molar-refractivity contribution in [1.29, 1.82) is 0 Å². The van der Waals surface area contributed by atoms with E-state index in [9.17, 15) is 5.21 Å². The second-order valence-electron chi connectivity index (χ2n) is 6.75. The molecule has 0 spiro atoms. The summed E-state index contributed by atoms with van der Waals surface area (Å²) in [4.78, 5) is 0.282. The van der Waals surface area contributed by atoms with Gasteiger partial charge in [-0.1, -0.05) is 91.0 Å². The van der Waals surface area contributed by atoms with Gasteiger partial charge in [-0.05, 0) is 30.0 Å². The van der Waals surface area contributed by atoms with Crippen molar-refractivity contribution in [1.82, 2.24) is 5.01 Å². The fraction of sp³-hybridized carbons (Fsp3) is 0.217. The maximum Gasteiger partial charge on any atom is 0.230 e. The van der Waals surface area contributed by atoms with Gasteiger partial charge >= 0.3 is 0 Å². The number of benzene rings is 3. The summed E-state index contributed by atoms with van der Waals surface area (Å²) in [6, 6.07) is 30.0. The zero-order chi connectivity index (χ0) is 19.8. The molecule has 0 amide bonds. The molecular weight excluding hydrogens is 350 g/mol. The topological polar surface area (TPSA) is 61.9 Å². The highest BCUT2D eigenvalue weighted by molar-refractivity contribution is 5.32. The molecule has 3 rings (SSSR count). The van der Waals surface area contributed by atoms with Gasteiger partial charge in [-0.2, -0.15) is 0 Å². The van der Waals surface area contributed by atoms with Crippen molar-refractivity contribution < 1.29 is 10.2 Å². The van der Waals surface area contributed by atoms with Gasteiger partial charge in [-0.3, -0.25) is 0 Å². The predicted octanol–water partition coefficient (Wildman–Crippen LogP) is 5.54. The first-order valence-corrected chi connectivity index (χ1v) is 9.44. The first-order chi connectivity index (χ1) is 13.7. The first-order valence-electron chi connectivity index (χ1n) is 9.44. The molecule has 5 nitrogen and oxygen atoms in total. The average Bonchev–Trinajstić information content (AvgIpc) is 2.78. The largest absolute Gasteiger partial charge is 0.569 e. The van der Waals surface area contributed by atoms with Crippen LogP contribution in [0.5, 0.6) is 0 Å². The maximum absolute atomic E-state index is 12.2. The van der Waals surface area contributed by atoms with E-state index >= 15 is 0 Å². The molecular formula is C23H25N3O2. The summed E-state index contributed by atoms with van der Waals surface area (Å²) in [6.45, 7) is 2.38. The first kappa shape index (κ1) is 19.4. The van der Waals surface area contributed by atoms with Crippen LogP contribution in [0.2, 0.25) is 0 Å². The van der Waals surface area contributed by atoms with Gasteiger partial charge in [0.1, 0.15) is 6.04 Å². The Labute approximate surface area is 165 Å². The second-order valence-corrected chi connectivity index (χ2v) is 6.75. The van der Waals surface area contributed by atoms with Gasteiger partial charge in [0, 0.05) is 5.92 Å². The molecule has 0 saturated heterocycles. The summed E-state index contributed by atoms with van der Waals surface area (Å²) in [6.07, 6.45) is 0.708. The molecule has 0 bridgehead atoms. The normalized spacial score (nSPS) is 12.7. The summed E-state index contributed by atoms with van der Waals surface area (Å²) in [5.74, 6) is 0.139. The molecule has 0 aliphatic carbocycles. The SMILES string of the molecule is CC(c1ccccc1)N(CCC(c1ccccc1)c1ccccc1)[N+]([O-])=NO. The maximum atomic E-state index is 12.2. The van der Waals surface area contributed by atoms with Crippen LogP contribution in [0, 0.1) is 5.21 Å². The van der Waals surface area contributed by atoms with Crippen LogP contribution in [0.4, 0.5) is 0 Å². The Hall–Kier alpha value is -3.34. The summed E-state index contributed by atoms with van der Waals surface area (Å²) < 4.78 is 0. The zero-order valence-corrected chi connectivity index (χ0v) is 15.9. The third-order valence-electron chi connectivity index (χ3n) is 5.08. The van der Waals surface area contributed by atoms with E-state index in [0.29, 0.717) is 13.0 Å². The number of hydrogen-bond acceptors (Lipinski definition) is 2. The third-order valence-corrected chi connectivity index (χ3v) is 5.08. The van der Waals surface area contributed by atoms with E-state index in [4.69, 9.17) is 5.21 Å². The molecule has 28 heavy (non-hydrogen) atoms. The zero-order valence-electron chi connectivity index (χ0n) is 15.9. The van der Waals surface area contributed by atoms with Gasteiger partial charge in [-0.25, -0.2) is 0 Å². The van der Waals surface area contributed by atoms with E-state index in [1.54, 1.807) is 0 Å². The lowest BCUT2D eigenvalue weighted by molar-refractivity contribution is -0.718. The van der Waals surface area contributed by atoms with E-state index in [-0.39, 0.29) is 16.9 Å². The van der Waals surface area contributed by atoms with Gasteiger partial charge in [0.15, 0.2) is 0 Å². The second kappa shape index (κ2) is 9.55. The van der Waals surface area contributed by atoms with Crippen molar-refractivity contribution in [3.63, 3.8) is 0 Å². The van der Waals surface area contributed by atoms with Crippen LogP contribution >= 0.6 is 0 Å². The predicted molar refractivity (Wildman–Crippen MR) is 109 cm³/mol. The molecule has 0 aliphatic heterocycles. The molecule has 0 fully saturated rings. The van der Waals surface area contributed by atoms with Gasteiger partial charge in [0.05, 0.1) is 11.5 Å². The highest BCUT2D eigenvalue weighted by Gasteiger charge is 2.25. The summed E-state index contributed by atoms with van der Waals surface area (Å²) in [5, 5.41) is 25.7. The third kappa shape index (κ3) is 4.68. The number of hydrogen-bond donors (Lipinski definition) is 1. The van der Waals surface area contributed by atoms with E-state index in [0.717, 1.165) is 5.56 Å². The molecule has 3 aromatic rings. The number of hydrazine groups is 1. The van der Waals surface area contributed by atoms with Crippen LogP contribution in [-0.4, -0.2) is 21.7 Å². The van der Waals surface area contributed by atoms with Crippen LogP contribution in [0.3, 0.4) is 0 Å². The average molecular weight is 375 g/mol. The quantitative estimate of drug-likeness (QED) is 0.319. The fourth-order valence-corrected chi connectivity index (χ4v) is 3.54. The molecule has 1 unspecified atom stereocenters. The van der Waals surface area contributed by atoms with Crippen LogP contribution in [0.15, 0.2) is 96.3 Å². The molecule has 1 atom stereocenters.